The largest absolute Gasteiger partial charge is 0.493 e. The summed E-state index contributed by atoms with van der Waals surface area (Å²) in [5.74, 6) is 3.17. The summed E-state index contributed by atoms with van der Waals surface area (Å²) >= 11 is 0. The maximum atomic E-state index is 13.3. The fourth-order valence-electron chi connectivity index (χ4n) is 17.3. The Labute approximate surface area is 825 Å². The van der Waals surface area contributed by atoms with E-state index >= 15 is 0 Å². The molecule has 4 fully saturated rings. The van der Waals surface area contributed by atoms with E-state index in [1.807, 2.05) is 55.4 Å². The first-order valence-electron chi connectivity index (χ1n) is 48.0. The van der Waals surface area contributed by atoms with E-state index in [4.69, 9.17) is 52.8 Å². The van der Waals surface area contributed by atoms with E-state index in [9.17, 15) is 52.8 Å². The fraction of sp³-hybridized carbons (Fsp3) is 0.532. The zero-order chi connectivity index (χ0) is 102. The van der Waals surface area contributed by atoms with Crippen LogP contribution in [0, 0.1) is 5.92 Å². The van der Waals surface area contributed by atoms with Crippen molar-refractivity contribution in [2.24, 2.45) is 34.1 Å². The minimum absolute atomic E-state index is 0.0616. The van der Waals surface area contributed by atoms with Crippen molar-refractivity contribution in [1.29, 1.82) is 0 Å². The molecule has 0 radical (unpaired) electrons. The highest BCUT2D eigenvalue weighted by Gasteiger charge is 2.40. The number of methoxy groups -OCH3 is 4. The van der Waals surface area contributed by atoms with E-state index in [1.54, 1.807) is 85.9 Å². The number of benzene rings is 4. The smallest absolute Gasteiger partial charge is 0.277 e. The van der Waals surface area contributed by atoms with Crippen LogP contribution in [0.15, 0.2) is 112 Å². The summed E-state index contributed by atoms with van der Waals surface area (Å²) in [4.78, 5) is 86.8. The van der Waals surface area contributed by atoms with E-state index in [0.717, 1.165) is 80.8 Å². The quantitative estimate of drug-likeness (QED) is 0.0189. The van der Waals surface area contributed by atoms with Crippen LogP contribution < -0.4 is 61.4 Å². The molecule has 16 rings (SSSR count). The third-order valence-electron chi connectivity index (χ3n) is 24.4. The molecule has 12 heterocycles. The minimum Gasteiger partial charge on any atom is -0.493 e. The van der Waals surface area contributed by atoms with Crippen molar-refractivity contribution in [3.63, 3.8) is 0 Å². The van der Waals surface area contributed by atoms with Gasteiger partial charge in [-0.05, 0) is 158 Å². The van der Waals surface area contributed by atoms with Gasteiger partial charge in [-0.2, -0.15) is 29.0 Å². The number of aromatic nitrogens is 16. The van der Waals surface area contributed by atoms with Gasteiger partial charge in [0.2, 0.25) is 30.1 Å². The molecule has 8 aromatic heterocycles. The number of ether oxygens (including phenoxy) is 8. The molecule has 0 aliphatic carbocycles. The summed E-state index contributed by atoms with van der Waals surface area (Å²) < 4.78 is 161. The summed E-state index contributed by atoms with van der Waals surface area (Å²) in [5, 5.41) is 26.1. The zero-order valence-electron chi connectivity index (χ0n) is 83.4. The SMILES string of the molecule is CCCc1nn(C)c2c(=O)[nH]c(-c3cc(S(=O)(=O)N4CC(NCCCOC)C4)ccc3OCC)nc12.CCCc1nn(C)c2c(=O)[nH]c(-c3cc(S(=O)(=O)N4CC(NCCOC)C4)ccc3OCC)nc12.CCCc1nn(C)c2c(=O)[nH]c(-c3cc(S(=O)(=O)NC4CN(CCOC)C4)ccc3OCC)nc12.CCCc1nn(C)c2c(=O)[nH]c(-c3cc(S(=O)(=O)NN4CC(CCCOC)C4)ccc3OCC)nc12. The van der Waals surface area contributed by atoms with Crippen molar-refractivity contribution >= 4 is 84.2 Å². The molecule has 0 amide bonds. The molecule has 44 nitrogen and oxygen atoms in total. The van der Waals surface area contributed by atoms with Crippen LogP contribution in [-0.2, 0) is 113 Å². The van der Waals surface area contributed by atoms with Crippen molar-refractivity contribution in [3.05, 3.63) is 137 Å². The highest BCUT2D eigenvalue weighted by molar-refractivity contribution is 7.90. The molecule has 0 unspecified atom stereocenters. The number of fused-ring (bicyclic) bond motifs is 4. The summed E-state index contributed by atoms with van der Waals surface area (Å²) in [6.45, 7) is 25.8. The first-order valence-corrected chi connectivity index (χ1v) is 53.9. The van der Waals surface area contributed by atoms with Crippen LogP contribution in [0.3, 0.4) is 0 Å². The molecule has 4 aliphatic heterocycles. The zero-order valence-corrected chi connectivity index (χ0v) is 86.7. The Morgan fingerprint density at radius 3 is 1.02 bits per heavy atom. The number of sulfonamides is 4. The number of H-pyrrole nitrogens is 4. The normalized spacial score (nSPS) is 14.9. The Kier molecular flexibility index (Phi) is 36.9. The highest BCUT2D eigenvalue weighted by atomic mass is 32.2. The van der Waals surface area contributed by atoms with E-state index in [1.165, 1.54) is 75.9 Å². The predicted octanol–water partition coefficient (Wildman–Crippen LogP) is 6.47. The van der Waals surface area contributed by atoms with Crippen molar-refractivity contribution in [3.8, 4) is 68.5 Å². The summed E-state index contributed by atoms with van der Waals surface area (Å²) in [5.41, 5.74) is 6.71. The third-order valence-corrected chi connectivity index (χ3v) is 30.9. The average Bonchev–Trinajstić information content (AvgIpc) is 1.32. The molecule has 0 spiro atoms. The molecule has 12 aromatic rings. The van der Waals surface area contributed by atoms with E-state index in [2.05, 4.69) is 70.4 Å². The lowest BCUT2D eigenvalue weighted by atomic mass is 9.97. The predicted molar refractivity (Wildman–Crippen MR) is 537 cm³/mol. The van der Waals surface area contributed by atoms with E-state index in [0.29, 0.717) is 233 Å². The maximum absolute atomic E-state index is 13.3. The van der Waals surface area contributed by atoms with Gasteiger partial charge < -0.3 is 68.5 Å². The van der Waals surface area contributed by atoms with Gasteiger partial charge in [0.25, 0.3) is 32.3 Å². The first-order chi connectivity index (χ1) is 68.1. The number of aromatic amines is 4. The Hall–Kier alpha value is -11.2. The molecule has 8 N–H and O–H groups in total. The second-order valence-corrected chi connectivity index (χ2v) is 42.2. The molecular weight excluding hydrogens is 1910 g/mol. The van der Waals surface area contributed by atoms with Gasteiger partial charge in [0.15, 0.2) is 22.1 Å². The number of hydrogen-bond donors (Lipinski definition) is 8. The van der Waals surface area contributed by atoms with Crippen LogP contribution >= 0.6 is 0 Å². The summed E-state index contributed by atoms with van der Waals surface area (Å²) in [6.07, 6.45) is 8.92. The summed E-state index contributed by atoms with van der Waals surface area (Å²) in [7, 11) is -1.63. The molecule has 0 saturated carbocycles. The topological polar surface area (TPSA) is 526 Å². The second-order valence-electron chi connectivity index (χ2n) is 34.9. The number of likely N-dealkylation sites (tertiary alicyclic amines) is 1. The number of nitrogens with zero attached hydrogens (tertiary/aromatic N) is 16. The van der Waals surface area contributed by atoms with Crippen LogP contribution in [0.1, 0.15) is 123 Å². The Bertz CT molecular complexity index is 7160. The molecule has 4 aliphatic rings. The van der Waals surface area contributed by atoms with Crippen LogP contribution in [0.5, 0.6) is 23.0 Å². The van der Waals surface area contributed by atoms with E-state index < -0.39 is 40.1 Å². The second kappa shape index (κ2) is 48.5. The van der Waals surface area contributed by atoms with Crippen molar-refractivity contribution in [2.75, 3.05) is 153 Å². The first kappa shape index (κ1) is 108. The lowest BCUT2D eigenvalue weighted by Gasteiger charge is -2.39. The standard InChI is InChI=1S/2C24H34N6O5S.2C23H32N6O5S/c1-5-8-19-21-22(29(3)28-19)24(31)27-23(26-21)18-13-17(9-10-20(18)35-6-2)36(32,33)30-14-16(15-30)25-11-7-12-34-4;1-5-8-19-21-22(29(3)27-19)24(31)26-23(25-21)18-13-17(10-11-20(18)35-6-2)36(32,33)28-30-14-16(15-30)9-7-12-34-4;1-5-7-18-20-21(28(3)26-18)23(30)25-22(24-20)17-12-16(8-9-19(17)34-6-2)35(31,32)27-15-13-29(14-15)10-11-33-4;1-5-7-18-20-21(28(3)27-18)23(30)26-22(25-20)17-12-16(8-9-19(17)34-6-2)35(31,32)29-13-15(14-29)24-10-11-33-4/h9-10,13,16,25H,5-8,11-12,14-15H2,1-4H3,(H,26,27,31);10-11,13,16,28H,5-9,12,14-15H2,1-4H3,(H,25,26,31);8-9,12,15,27H,5-7,10-11,13-14H2,1-4H3,(H,24,25,30);8-9,12,15,24H,5-7,10-11,13-14H2,1-4H3,(H,25,26,30). The average molecular weight is 2050 g/mol. The van der Waals surface area contributed by atoms with Gasteiger partial charge in [0, 0.05) is 153 Å². The van der Waals surface area contributed by atoms with Crippen LogP contribution in [0.25, 0.3) is 89.7 Å². The highest BCUT2D eigenvalue weighted by Crippen LogP contribution is 2.39. The number of aryl methyl sites for hydroxylation is 8. The van der Waals surface area contributed by atoms with Crippen molar-refractivity contribution < 1.29 is 71.6 Å². The van der Waals surface area contributed by atoms with Gasteiger partial charge in [-0.15, -0.1) is 4.83 Å². The number of nitrogens with one attached hydrogen (secondary N) is 8. The molecule has 772 valence electrons. The van der Waals surface area contributed by atoms with Crippen LogP contribution in [-0.4, -0.2) is 303 Å². The monoisotopic (exact) mass is 2040 g/mol. The number of hydrogen-bond acceptors (Lipinski definition) is 32. The van der Waals surface area contributed by atoms with Gasteiger partial charge in [0.1, 0.15) is 68.4 Å². The van der Waals surface area contributed by atoms with Gasteiger partial charge in [0.05, 0.1) is 104 Å². The maximum Gasteiger partial charge on any atom is 0.277 e. The number of hydrazine groups is 1. The van der Waals surface area contributed by atoms with Crippen molar-refractivity contribution in [1.82, 2.24) is 118 Å². The van der Waals surface area contributed by atoms with Gasteiger partial charge in [-0.1, -0.05) is 53.4 Å². The molecule has 0 bridgehead atoms. The number of rotatable bonds is 46. The molecule has 142 heavy (non-hydrogen) atoms. The third kappa shape index (κ3) is 24.9. The van der Waals surface area contributed by atoms with E-state index in [-0.39, 0.29) is 83.2 Å². The summed E-state index contributed by atoms with van der Waals surface area (Å²) in [6, 6.07) is 18.5. The van der Waals surface area contributed by atoms with Gasteiger partial charge in [-0.3, -0.25) is 42.8 Å². The molecule has 4 aromatic carbocycles. The Morgan fingerprint density at radius 1 is 0.373 bits per heavy atom. The fourth-order valence-corrected chi connectivity index (χ4v) is 22.8. The molecular formula is C94H132N24O20S4. The molecule has 4 saturated heterocycles. The van der Waals surface area contributed by atoms with Gasteiger partial charge >= 0.3 is 0 Å². The van der Waals surface area contributed by atoms with Crippen LogP contribution in [0.4, 0.5) is 0 Å². The minimum atomic E-state index is -3.84. The molecule has 48 heteroatoms. The lowest BCUT2D eigenvalue weighted by molar-refractivity contribution is 0.0635. The Balaban J connectivity index is 0.000000159. The van der Waals surface area contributed by atoms with Gasteiger partial charge in [-0.25, -0.2) is 63.3 Å². The van der Waals surface area contributed by atoms with Crippen LogP contribution in [0.2, 0.25) is 0 Å². The lowest BCUT2D eigenvalue weighted by Crippen LogP contribution is -2.60. The molecule has 0 atom stereocenters. The Morgan fingerprint density at radius 2 is 0.690 bits per heavy atom. The van der Waals surface area contributed by atoms with Crippen molar-refractivity contribution in [2.45, 2.75) is 164 Å².